The van der Waals surface area contributed by atoms with E-state index >= 15 is 0 Å². The third kappa shape index (κ3) is 2.38. The summed E-state index contributed by atoms with van der Waals surface area (Å²) in [7, 11) is 1.63. The number of fused-ring (bicyclic) bond motifs is 1. The van der Waals surface area contributed by atoms with E-state index in [1.807, 2.05) is 12.1 Å². The molecular weight excluding hydrogens is 252 g/mol. The van der Waals surface area contributed by atoms with Crippen LogP contribution in [0.2, 0.25) is 0 Å². The summed E-state index contributed by atoms with van der Waals surface area (Å²) in [6.07, 6.45) is 5.38. The molecule has 1 aliphatic heterocycles. The van der Waals surface area contributed by atoms with Crippen molar-refractivity contribution in [3.05, 3.63) is 24.0 Å². The number of amides is 1. The van der Waals surface area contributed by atoms with Gasteiger partial charge in [-0.3, -0.25) is 9.78 Å². The molecule has 108 valence electrons. The highest BCUT2D eigenvalue weighted by Gasteiger charge is 2.38. The molecule has 3 N–H and O–H groups in total. The summed E-state index contributed by atoms with van der Waals surface area (Å²) in [6, 6.07) is 4.19. The summed E-state index contributed by atoms with van der Waals surface area (Å²) in [5, 5.41) is 2.62. The molecule has 5 heteroatoms. The van der Waals surface area contributed by atoms with Gasteiger partial charge in [0, 0.05) is 38.1 Å². The number of rotatable bonds is 2. The Labute approximate surface area is 119 Å². The minimum atomic E-state index is -0.139. The fourth-order valence-electron chi connectivity index (χ4n) is 3.60. The molecule has 0 spiro atoms. The number of nitrogens with one attached hydrogen (secondary N) is 1. The molecule has 2 heterocycles. The predicted molar refractivity (Wildman–Crippen MR) is 78.6 cm³/mol. The maximum Gasteiger partial charge on any atom is 0.269 e. The molecule has 1 aromatic rings. The van der Waals surface area contributed by atoms with E-state index in [-0.39, 0.29) is 5.91 Å². The van der Waals surface area contributed by atoms with Crippen LogP contribution in [0.1, 0.15) is 29.8 Å². The number of nitrogens with zero attached hydrogens (tertiary/aromatic N) is 2. The number of hydrogen-bond donors (Lipinski definition) is 2. The highest BCUT2D eigenvalue weighted by Crippen LogP contribution is 2.37. The molecule has 0 bridgehead atoms. The maximum atomic E-state index is 11.7. The van der Waals surface area contributed by atoms with E-state index in [9.17, 15) is 4.79 Å². The second-order valence-corrected chi connectivity index (χ2v) is 5.90. The number of nitrogens with two attached hydrogens (primary N) is 1. The number of aromatic nitrogens is 1. The van der Waals surface area contributed by atoms with Crippen molar-refractivity contribution in [1.82, 2.24) is 10.3 Å². The maximum absolute atomic E-state index is 11.7. The molecule has 3 atom stereocenters. The van der Waals surface area contributed by atoms with Gasteiger partial charge in [-0.15, -0.1) is 0 Å². The van der Waals surface area contributed by atoms with Crippen molar-refractivity contribution in [1.29, 1.82) is 0 Å². The molecule has 1 aromatic heterocycles. The fourth-order valence-corrected chi connectivity index (χ4v) is 3.60. The van der Waals surface area contributed by atoms with Gasteiger partial charge in [-0.25, -0.2) is 0 Å². The molecule has 20 heavy (non-hydrogen) atoms. The number of carbonyl (C=O) groups is 1. The lowest BCUT2D eigenvalue weighted by atomic mass is 9.78. The lowest BCUT2D eigenvalue weighted by molar-refractivity contribution is 0.0958. The van der Waals surface area contributed by atoms with Crippen LogP contribution in [0.25, 0.3) is 0 Å². The molecule has 3 rings (SSSR count). The Balaban J connectivity index is 1.79. The summed E-state index contributed by atoms with van der Waals surface area (Å²) >= 11 is 0. The Morgan fingerprint density at radius 1 is 1.45 bits per heavy atom. The van der Waals surface area contributed by atoms with Gasteiger partial charge in [0.25, 0.3) is 5.91 Å². The topological polar surface area (TPSA) is 71.2 Å². The first-order valence-corrected chi connectivity index (χ1v) is 7.37. The second-order valence-electron chi connectivity index (χ2n) is 5.90. The van der Waals surface area contributed by atoms with Gasteiger partial charge in [0.15, 0.2) is 0 Å². The SMILES string of the molecule is CNC(=O)c1cc(N2CC3CCCC(N)C3C2)ccn1. The Morgan fingerprint density at radius 2 is 2.30 bits per heavy atom. The Bertz CT molecular complexity index is 504. The standard InChI is InChI=1S/C15H22N4O/c1-17-15(20)14-7-11(5-6-18-14)19-8-10-3-2-4-13(16)12(10)9-19/h5-7,10,12-13H,2-4,8-9,16H2,1H3,(H,17,20). The molecular formula is C15H22N4O. The molecule has 1 amide bonds. The van der Waals surface area contributed by atoms with E-state index in [0.717, 1.165) is 25.2 Å². The predicted octanol–water partition coefficient (Wildman–Crippen LogP) is 1.00. The van der Waals surface area contributed by atoms with E-state index in [1.165, 1.54) is 12.8 Å². The zero-order valence-corrected chi connectivity index (χ0v) is 11.9. The average molecular weight is 274 g/mol. The van der Waals surface area contributed by atoms with E-state index in [1.54, 1.807) is 13.2 Å². The summed E-state index contributed by atoms with van der Waals surface area (Å²) < 4.78 is 0. The highest BCUT2D eigenvalue weighted by atomic mass is 16.1. The van der Waals surface area contributed by atoms with Crippen LogP contribution in [0.4, 0.5) is 5.69 Å². The molecule has 1 saturated heterocycles. The molecule has 3 unspecified atom stereocenters. The first-order valence-electron chi connectivity index (χ1n) is 7.37. The van der Waals surface area contributed by atoms with Crippen molar-refractivity contribution < 1.29 is 4.79 Å². The van der Waals surface area contributed by atoms with E-state index in [4.69, 9.17) is 5.73 Å². The van der Waals surface area contributed by atoms with Crippen molar-refractivity contribution in [3.63, 3.8) is 0 Å². The van der Waals surface area contributed by atoms with Crippen molar-refractivity contribution in [3.8, 4) is 0 Å². The minimum absolute atomic E-state index is 0.139. The lowest BCUT2D eigenvalue weighted by Gasteiger charge is -2.29. The van der Waals surface area contributed by atoms with E-state index in [0.29, 0.717) is 23.6 Å². The fraction of sp³-hybridized carbons (Fsp3) is 0.600. The van der Waals surface area contributed by atoms with Crippen LogP contribution in [-0.4, -0.2) is 37.1 Å². The van der Waals surface area contributed by atoms with Crippen molar-refractivity contribution in [2.24, 2.45) is 17.6 Å². The zero-order valence-electron chi connectivity index (χ0n) is 11.9. The molecule has 0 aromatic carbocycles. The van der Waals surface area contributed by atoms with Gasteiger partial charge in [0.1, 0.15) is 5.69 Å². The van der Waals surface area contributed by atoms with Gasteiger partial charge in [-0.2, -0.15) is 0 Å². The first-order chi connectivity index (χ1) is 9.69. The first kappa shape index (κ1) is 13.4. The van der Waals surface area contributed by atoms with Crippen molar-refractivity contribution in [2.45, 2.75) is 25.3 Å². The molecule has 2 fully saturated rings. The molecule has 1 saturated carbocycles. The second kappa shape index (κ2) is 5.40. The van der Waals surface area contributed by atoms with Crippen LogP contribution in [-0.2, 0) is 0 Å². The minimum Gasteiger partial charge on any atom is -0.371 e. The zero-order chi connectivity index (χ0) is 14.1. The molecule has 1 aliphatic carbocycles. The van der Waals surface area contributed by atoms with E-state index < -0.39 is 0 Å². The summed E-state index contributed by atoms with van der Waals surface area (Å²) in [6.45, 7) is 2.05. The average Bonchev–Trinajstić information content (AvgIpc) is 2.92. The van der Waals surface area contributed by atoms with Crippen LogP contribution in [0.3, 0.4) is 0 Å². The number of hydrogen-bond acceptors (Lipinski definition) is 4. The third-order valence-corrected chi connectivity index (χ3v) is 4.72. The number of pyridine rings is 1. The normalized spacial score (nSPS) is 29.1. The smallest absolute Gasteiger partial charge is 0.269 e. The number of carbonyl (C=O) groups excluding carboxylic acids is 1. The molecule has 2 aliphatic rings. The van der Waals surface area contributed by atoms with Crippen LogP contribution in [0.15, 0.2) is 18.3 Å². The summed E-state index contributed by atoms with van der Waals surface area (Å²) in [5.41, 5.74) is 7.82. The van der Waals surface area contributed by atoms with Gasteiger partial charge in [-0.05, 0) is 36.8 Å². The largest absolute Gasteiger partial charge is 0.371 e. The Hall–Kier alpha value is -1.62. The van der Waals surface area contributed by atoms with Gasteiger partial charge in [-0.1, -0.05) is 6.42 Å². The summed E-state index contributed by atoms with van der Waals surface area (Å²) in [5.74, 6) is 1.16. The number of anilines is 1. The van der Waals surface area contributed by atoms with Gasteiger partial charge in [0.05, 0.1) is 0 Å². The molecule has 0 radical (unpaired) electrons. The van der Waals surface area contributed by atoms with Crippen molar-refractivity contribution >= 4 is 11.6 Å². The monoisotopic (exact) mass is 274 g/mol. The van der Waals surface area contributed by atoms with Crippen molar-refractivity contribution in [2.75, 3.05) is 25.0 Å². The van der Waals surface area contributed by atoms with Gasteiger partial charge in [0.2, 0.25) is 0 Å². The lowest BCUT2D eigenvalue weighted by Crippen LogP contribution is -2.38. The molecule has 5 nitrogen and oxygen atoms in total. The quantitative estimate of drug-likeness (QED) is 0.844. The van der Waals surface area contributed by atoms with Crippen LogP contribution < -0.4 is 16.0 Å². The van der Waals surface area contributed by atoms with Crippen LogP contribution in [0, 0.1) is 11.8 Å². The Kier molecular flexibility index (Phi) is 3.61. The third-order valence-electron chi connectivity index (χ3n) is 4.72. The van der Waals surface area contributed by atoms with Crippen LogP contribution in [0.5, 0.6) is 0 Å². The van der Waals surface area contributed by atoms with E-state index in [2.05, 4.69) is 15.2 Å². The van der Waals surface area contributed by atoms with Gasteiger partial charge >= 0.3 is 0 Å². The van der Waals surface area contributed by atoms with Gasteiger partial charge < -0.3 is 16.0 Å². The summed E-state index contributed by atoms with van der Waals surface area (Å²) in [4.78, 5) is 18.2. The van der Waals surface area contributed by atoms with Crippen LogP contribution >= 0.6 is 0 Å². The Morgan fingerprint density at radius 3 is 3.05 bits per heavy atom. The highest BCUT2D eigenvalue weighted by molar-refractivity contribution is 5.92.